The predicted octanol–water partition coefficient (Wildman–Crippen LogP) is -2.68. The Labute approximate surface area is 115 Å². The first-order valence-corrected chi connectivity index (χ1v) is 5.60. The number of hydrogen-bond donors (Lipinski definition) is 5. The average molecular weight is 334 g/mol. The molecule has 0 heterocycles. The molecule has 0 aromatic rings. The average Bonchev–Trinajstić information content (AvgIpc) is 2.08. The number of rotatable bonds is 5. The van der Waals surface area contributed by atoms with E-state index in [-0.39, 0.29) is 23.0 Å². The van der Waals surface area contributed by atoms with Gasteiger partial charge < -0.3 is 31.0 Å². The largest absolute Gasteiger partial charge is 2.00 e. The molecule has 7 N–H and O–H groups in total. The summed E-state index contributed by atoms with van der Waals surface area (Å²) in [4.78, 5) is 10.2. The van der Waals surface area contributed by atoms with Crippen molar-refractivity contribution in [1.82, 2.24) is 5.32 Å². The number of aliphatic carboxylic acids is 1. The van der Waals surface area contributed by atoms with Crippen molar-refractivity contribution in [1.29, 1.82) is 5.41 Å². The van der Waals surface area contributed by atoms with Crippen LogP contribution in [-0.4, -0.2) is 47.1 Å². The van der Waals surface area contributed by atoms with Gasteiger partial charge in [-0.3, -0.25) is 18.6 Å². The van der Waals surface area contributed by atoms with Gasteiger partial charge in [-0.05, 0) is 12.8 Å². The maximum Gasteiger partial charge on any atom is 2.00 e. The van der Waals surface area contributed by atoms with Crippen molar-refractivity contribution < 1.29 is 44.5 Å². The molecule has 10 nitrogen and oxygen atoms in total. The van der Waals surface area contributed by atoms with Crippen LogP contribution in [0.4, 0.5) is 0 Å². The zero-order valence-corrected chi connectivity index (χ0v) is 10.8. The summed E-state index contributed by atoms with van der Waals surface area (Å²) in [6.07, 6.45) is 0.975. The van der Waals surface area contributed by atoms with Crippen molar-refractivity contribution in [2.45, 2.75) is 18.9 Å². The summed E-state index contributed by atoms with van der Waals surface area (Å²) in [6.45, 7) is 0.482. The Morgan fingerprint density at radius 2 is 1.83 bits per heavy atom. The first kappa shape index (κ1) is 22.3. The fourth-order valence-electron chi connectivity index (χ4n) is 0.669. The molecular weight excluding hydrogens is 320 g/mol. The van der Waals surface area contributed by atoms with E-state index >= 15 is 0 Å². The van der Waals surface area contributed by atoms with E-state index in [0.29, 0.717) is 19.4 Å². The van der Waals surface area contributed by atoms with Gasteiger partial charge in [-0.25, -0.2) is 0 Å². The van der Waals surface area contributed by atoms with Gasteiger partial charge in [-0.1, -0.05) is 0 Å². The first-order chi connectivity index (χ1) is 7.54. The zero-order valence-electron chi connectivity index (χ0n) is 9.05. The second-order valence-corrected chi connectivity index (χ2v) is 3.65. The summed E-state index contributed by atoms with van der Waals surface area (Å²) in [7, 11) is -5.17. The van der Waals surface area contributed by atoms with Crippen LogP contribution in [0.1, 0.15) is 12.8 Å². The number of carboxylic acid groups (broad SMARTS) is 1. The maximum absolute atomic E-state index is 10.2. The molecule has 111 valence electrons. The minimum atomic E-state index is -5.17. The number of nitrogens with two attached hydrogens (primary N) is 2. The molecular formula is C6H14CuN4O6S. The standard InChI is InChI=1S/C6H14N4O2.Cu.H2O4S/c7-4(5(11)12)2-1-3-10-6(8)9;;1-5(2,3)4/h4H,1-3,7H2,(H,11,12)(H4,8,9,10);;(H2,1,2,3,4)/q;+2;/p-2. The minimum Gasteiger partial charge on any atom is -0.759 e. The van der Waals surface area contributed by atoms with E-state index in [2.05, 4.69) is 5.32 Å². The van der Waals surface area contributed by atoms with Gasteiger partial charge in [0.05, 0.1) is 0 Å². The summed E-state index contributed by atoms with van der Waals surface area (Å²) in [6, 6.07) is -0.821. The van der Waals surface area contributed by atoms with Gasteiger partial charge in [-0.2, -0.15) is 0 Å². The minimum absolute atomic E-state index is 0. The topological polar surface area (TPSA) is 205 Å². The van der Waals surface area contributed by atoms with Crippen LogP contribution in [0, 0.1) is 5.41 Å². The molecule has 12 heteroatoms. The number of carbonyl (C=O) groups is 1. The van der Waals surface area contributed by atoms with Gasteiger partial charge in [0, 0.05) is 16.9 Å². The van der Waals surface area contributed by atoms with Crippen molar-refractivity contribution in [3.8, 4) is 0 Å². The third-order valence-corrected chi connectivity index (χ3v) is 1.32. The van der Waals surface area contributed by atoms with Crippen molar-refractivity contribution in [2.24, 2.45) is 11.5 Å². The monoisotopic (exact) mass is 333 g/mol. The van der Waals surface area contributed by atoms with E-state index in [0.717, 1.165) is 0 Å². The van der Waals surface area contributed by atoms with Crippen LogP contribution in [0.5, 0.6) is 0 Å². The first-order valence-electron chi connectivity index (χ1n) is 4.27. The molecule has 1 radical (unpaired) electrons. The van der Waals surface area contributed by atoms with Crippen molar-refractivity contribution in [3.63, 3.8) is 0 Å². The molecule has 0 spiro atoms. The fraction of sp³-hybridized carbons (Fsp3) is 0.667. The Bertz CT molecular complexity index is 340. The maximum atomic E-state index is 10.2. The van der Waals surface area contributed by atoms with Crippen molar-refractivity contribution in [3.05, 3.63) is 0 Å². The van der Waals surface area contributed by atoms with Crippen LogP contribution in [-0.2, 0) is 32.3 Å². The van der Waals surface area contributed by atoms with Gasteiger partial charge in [-0.15, -0.1) is 0 Å². The molecule has 0 rings (SSSR count). The molecule has 0 amide bonds. The fourth-order valence-corrected chi connectivity index (χ4v) is 0.669. The zero-order chi connectivity index (χ0) is 14.1. The van der Waals surface area contributed by atoms with E-state index < -0.39 is 22.4 Å². The van der Waals surface area contributed by atoms with Gasteiger partial charge in [0.2, 0.25) is 0 Å². The summed E-state index contributed by atoms with van der Waals surface area (Å²) in [5.41, 5.74) is 10.2. The molecule has 18 heavy (non-hydrogen) atoms. The van der Waals surface area contributed by atoms with Gasteiger partial charge in [0.15, 0.2) is 5.96 Å². The Kier molecular flexibility index (Phi) is 13.9. The molecule has 0 aromatic heterocycles. The molecule has 0 bridgehead atoms. The number of carboxylic acids is 1. The molecule has 1 unspecified atom stereocenters. The van der Waals surface area contributed by atoms with Crippen LogP contribution in [0.3, 0.4) is 0 Å². The summed E-state index contributed by atoms with van der Waals surface area (Å²) in [5, 5.41) is 17.7. The van der Waals surface area contributed by atoms with Crippen LogP contribution < -0.4 is 16.8 Å². The molecule has 0 aliphatic rings. The molecule has 0 fully saturated rings. The molecule has 1 atom stereocenters. The number of guanidine groups is 1. The molecule has 0 aliphatic heterocycles. The van der Waals surface area contributed by atoms with Gasteiger partial charge >= 0.3 is 23.0 Å². The number of hydrogen-bond acceptors (Lipinski definition) is 7. The van der Waals surface area contributed by atoms with Crippen molar-refractivity contribution >= 4 is 22.3 Å². The summed E-state index contributed by atoms with van der Waals surface area (Å²) < 4.78 is 34.1. The Morgan fingerprint density at radius 3 is 2.11 bits per heavy atom. The third kappa shape index (κ3) is 29.4. The Morgan fingerprint density at radius 1 is 1.44 bits per heavy atom. The van der Waals surface area contributed by atoms with Crippen LogP contribution in [0.2, 0.25) is 0 Å². The predicted molar refractivity (Wildman–Crippen MR) is 55.2 cm³/mol. The summed E-state index contributed by atoms with van der Waals surface area (Å²) in [5.74, 6) is -1.11. The second-order valence-electron chi connectivity index (χ2n) is 2.84. The quantitative estimate of drug-likeness (QED) is 0.0885. The smallest absolute Gasteiger partial charge is 0.759 e. The van der Waals surface area contributed by atoms with E-state index in [1.807, 2.05) is 0 Å². The van der Waals surface area contributed by atoms with Crippen LogP contribution >= 0.6 is 0 Å². The molecule has 0 saturated carbocycles. The van der Waals surface area contributed by atoms with E-state index in [9.17, 15) is 4.79 Å². The molecule has 0 aliphatic carbocycles. The normalized spacial score (nSPS) is 11.3. The van der Waals surface area contributed by atoms with Gasteiger partial charge in [0.1, 0.15) is 6.04 Å². The SMILES string of the molecule is N=C(N)NCCCC(N)C(=O)O.O=S(=O)([O-])[O-].[Cu+2]. The van der Waals surface area contributed by atoms with E-state index in [1.54, 1.807) is 0 Å². The Balaban J connectivity index is -0.000000321. The van der Waals surface area contributed by atoms with Crippen LogP contribution in [0.15, 0.2) is 0 Å². The summed E-state index contributed by atoms with van der Waals surface area (Å²) >= 11 is 0. The van der Waals surface area contributed by atoms with Crippen LogP contribution in [0.25, 0.3) is 0 Å². The Hall–Kier alpha value is -0.911. The molecule has 0 saturated heterocycles. The van der Waals surface area contributed by atoms with Crippen molar-refractivity contribution in [2.75, 3.05) is 6.54 Å². The number of nitrogens with one attached hydrogen (secondary N) is 2. The van der Waals surface area contributed by atoms with Gasteiger partial charge in [0.25, 0.3) is 0 Å². The second kappa shape index (κ2) is 11.2. The van der Waals surface area contributed by atoms with E-state index in [1.165, 1.54) is 0 Å². The third-order valence-electron chi connectivity index (χ3n) is 1.32. The molecule has 0 aromatic carbocycles. The van der Waals surface area contributed by atoms with E-state index in [4.69, 9.17) is 39.5 Å².